The Bertz CT molecular complexity index is 338. The van der Waals surface area contributed by atoms with Gasteiger partial charge in [-0.2, -0.15) is 0 Å². The first-order valence-electron chi connectivity index (χ1n) is 4.67. The molecule has 2 aromatic rings. The van der Waals surface area contributed by atoms with Crippen LogP contribution in [0.3, 0.4) is 0 Å². The zero-order valence-corrected chi connectivity index (χ0v) is 9.71. The van der Waals surface area contributed by atoms with Crippen LogP contribution >= 0.6 is 11.8 Å². The van der Waals surface area contributed by atoms with E-state index in [1.54, 1.807) is 0 Å². The van der Waals surface area contributed by atoms with Crippen LogP contribution in [-0.2, 0) is 5.75 Å². The molecule has 2 rings (SSSR count). The largest absolute Gasteiger partial charge is 1.00 e. The van der Waals surface area contributed by atoms with Gasteiger partial charge in [-0.1, -0.05) is 48.5 Å². The second-order valence-electron chi connectivity index (χ2n) is 3.09. The van der Waals surface area contributed by atoms with E-state index in [0.717, 1.165) is 5.75 Å². The van der Waals surface area contributed by atoms with Crippen molar-refractivity contribution < 1.29 is 20.3 Å². The SMILES string of the molecule is [H-].[Li+].c1ccc(CSc2ccccc2)cc1. The average molecular weight is 208 g/mol. The van der Waals surface area contributed by atoms with Crippen molar-refractivity contribution in [1.29, 1.82) is 0 Å². The summed E-state index contributed by atoms with van der Waals surface area (Å²) in [7, 11) is 0. The molecule has 2 heteroatoms. The van der Waals surface area contributed by atoms with Crippen molar-refractivity contribution in [2.45, 2.75) is 10.6 Å². The Morgan fingerprint density at radius 3 is 1.93 bits per heavy atom. The summed E-state index contributed by atoms with van der Waals surface area (Å²) in [6, 6.07) is 21.0. The van der Waals surface area contributed by atoms with Gasteiger partial charge in [0.15, 0.2) is 0 Å². The minimum atomic E-state index is 0. The maximum atomic E-state index is 2.16. The molecule has 15 heavy (non-hydrogen) atoms. The van der Waals surface area contributed by atoms with Gasteiger partial charge in [-0.05, 0) is 17.7 Å². The van der Waals surface area contributed by atoms with E-state index >= 15 is 0 Å². The fourth-order valence-electron chi connectivity index (χ4n) is 1.26. The predicted octanol–water partition coefficient (Wildman–Crippen LogP) is 1.10. The number of hydrogen-bond acceptors (Lipinski definition) is 1. The molecule has 0 aliphatic heterocycles. The van der Waals surface area contributed by atoms with Crippen LogP contribution in [0.25, 0.3) is 0 Å². The van der Waals surface area contributed by atoms with E-state index in [-0.39, 0.29) is 20.3 Å². The van der Waals surface area contributed by atoms with Crippen LogP contribution < -0.4 is 18.9 Å². The van der Waals surface area contributed by atoms with Gasteiger partial charge in [-0.25, -0.2) is 0 Å². The maximum Gasteiger partial charge on any atom is 1.00 e. The molecule has 0 bridgehead atoms. The summed E-state index contributed by atoms with van der Waals surface area (Å²) in [6.45, 7) is 0. The van der Waals surface area contributed by atoms with Crippen LogP contribution in [-0.4, -0.2) is 0 Å². The van der Waals surface area contributed by atoms with Crippen LogP contribution in [0.2, 0.25) is 0 Å². The predicted molar refractivity (Wildman–Crippen MR) is 63.6 cm³/mol. The van der Waals surface area contributed by atoms with Crippen molar-refractivity contribution in [2.24, 2.45) is 0 Å². The van der Waals surface area contributed by atoms with E-state index in [4.69, 9.17) is 0 Å². The summed E-state index contributed by atoms with van der Waals surface area (Å²) in [4.78, 5) is 1.33. The van der Waals surface area contributed by atoms with E-state index in [2.05, 4.69) is 54.6 Å². The maximum absolute atomic E-state index is 2.16. The zero-order valence-electron chi connectivity index (χ0n) is 9.89. The molecule has 0 fully saturated rings. The Morgan fingerprint density at radius 2 is 1.33 bits per heavy atom. The van der Waals surface area contributed by atoms with Crippen LogP contribution in [0.15, 0.2) is 65.6 Å². The number of hydrogen-bond donors (Lipinski definition) is 0. The van der Waals surface area contributed by atoms with E-state index in [1.807, 2.05) is 17.8 Å². The van der Waals surface area contributed by atoms with Crippen molar-refractivity contribution in [2.75, 3.05) is 0 Å². The Labute approximate surface area is 109 Å². The molecule has 0 amide bonds. The summed E-state index contributed by atoms with van der Waals surface area (Å²) in [5.74, 6) is 1.05. The molecule has 72 valence electrons. The van der Waals surface area contributed by atoms with Crippen LogP contribution in [0.5, 0.6) is 0 Å². The van der Waals surface area contributed by atoms with Crippen LogP contribution in [0.4, 0.5) is 0 Å². The molecule has 0 saturated carbocycles. The Hall–Kier alpha value is -0.613. The number of thioether (sulfide) groups is 1. The molecule has 0 N–H and O–H groups in total. The Kier molecular flexibility index (Phi) is 5.64. The average Bonchev–Trinajstić information content (AvgIpc) is 2.29. The summed E-state index contributed by atoms with van der Waals surface area (Å²) in [5.41, 5.74) is 1.38. The minimum Gasteiger partial charge on any atom is -1.00 e. The minimum absolute atomic E-state index is 0. The van der Waals surface area contributed by atoms with Crippen molar-refractivity contribution in [3.8, 4) is 0 Å². The molecule has 0 aliphatic rings. The third-order valence-corrected chi connectivity index (χ3v) is 3.07. The first-order valence-corrected chi connectivity index (χ1v) is 5.65. The number of rotatable bonds is 3. The van der Waals surface area contributed by atoms with Crippen LogP contribution in [0.1, 0.15) is 6.99 Å². The Balaban J connectivity index is 0.00000112. The van der Waals surface area contributed by atoms with E-state index in [0.29, 0.717) is 0 Å². The molecular weight excluding hydrogens is 195 g/mol. The molecule has 0 atom stereocenters. The Morgan fingerprint density at radius 1 is 0.800 bits per heavy atom. The molecule has 0 unspecified atom stereocenters. The third kappa shape index (κ3) is 4.18. The molecule has 0 radical (unpaired) electrons. The van der Waals surface area contributed by atoms with Gasteiger partial charge in [-0.3, -0.25) is 0 Å². The van der Waals surface area contributed by atoms with Crippen molar-refractivity contribution >= 4 is 11.8 Å². The van der Waals surface area contributed by atoms with Gasteiger partial charge >= 0.3 is 18.9 Å². The van der Waals surface area contributed by atoms with Gasteiger partial charge in [0, 0.05) is 10.6 Å². The van der Waals surface area contributed by atoms with Gasteiger partial charge in [0.1, 0.15) is 0 Å². The molecule has 0 heterocycles. The van der Waals surface area contributed by atoms with Gasteiger partial charge in [-0.15, -0.1) is 11.8 Å². The molecule has 0 spiro atoms. The van der Waals surface area contributed by atoms with Crippen molar-refractivity contribution in [1.82, 2.24) is 0 Å². The van der Waals surface area contributed by atoms with Gasteiger partial charge < -0.3 is 1.43 Å². The quantitative estimate of drug-likeness (QED) is 0.537. The first kappa shape index (κ1) is 12.5. The first-order chi connectivity index (χ1) is 6.95. The van der Waals surface area contributed by atoms with Crippen molar-refractivity contribution in [3.63, 3.8) is 0 Å². The monoisotopic (exact) mass is 208 g/mol. The fraction of sp³-hybridized carbons (Fsp3) is 0.0769. The molecule has 0 aromatic heterocycles. The van der Waals surface area contributed by atoms with E-state index < -0.39 is 0 Å². The second-order valence-corrected chi connectivity index (χ2v) is 4.14. The fourth-order valence-corrected chi connectivity index (χ4v) is 2.13. The van der Waals surface area contributed by atoms with Gasteiger partial charge in [0.2, 0.25) is 0 Å². The number of benzene rings is 2. The second kappa shape index (κ2) is 6.79. The molecular formula is C13H13LiS. The molecule has 2 aromatic carbocycles. The molecule has 0 saturated heterocycles. The van der Waals surface area contributed by atoms with E-state index in [1.165, 1.54) is 10.5 Å². The zero-order chi connectivity index (χ0) is 9.64. The smallest absolute Gasteiger partial charge is 1.00 e. The summed E-state index contributed by atoms with van der Waals surface area (Å²) < 4.78 is 0. The van der Waals surface area contributed by atoms with E-state index in [9.17, 15) is 0 Å². The van der Waals surface area contributed by atoms with Gasteiger partial charge in [0.25, 0.3) is 0 Å². The third-order valence-electron chi connectivity index (χ3n) is 1.99. The van der Waals surface area contributed by atoms with Crippen molar-refractivity contribution in [3.05, 3.63) is 66.2 Å². The normalized spacial score (nSPS) is 9.33. The van der Waals surface area contributed by atoms with Crippen LogP contribution in [0, 0.1) is 0 Å². The molecule has 0 nitrogen and oxygen atoms in total. The standard InChI is InChI=1S/C13H12S.Li.H/c1-3-7-12(8-4-1)11-14-13-9-5-2-6-10-13;;/h1-10H,11H2;;/q;+1;-1. The summed E-state index contributed by atoms with van der Waals surface area (Å²) in [5, 5.41) is 0. The molecule has 0 aliphatic carbocycles. The van der Waals surface area contributed by atoms with Gasteiger partial charge in [0.05, 0.1) is 0 Å². The topological polar surface area (TPSA) is 0 Å². The summed E-state index contributed by atoms with van der Waals surface area (Å²) in [6.07, 6.45) is 0. The summed E-state index contributed by atoms with van der Waals surface area (Å²) >= 11 is 1.87.